The van der Waals surface area contributed by atoms with Gasteiger partial charge in [-0.15, -0.1) is 0 Å². The lowest BCUT2D eigenvalue weighted by atomic mass is 9.77. The second kappa shape index (κ2) is 5.64. The Morgan fingerprint density at radius 2 is 2.16 bits per heavy atom. The zero-order valence-corrected chi connectivity index (χ0v) is 11.9. The van der Waals surface area contributed by atoms with Crippen molar-refractivity contribution in [3.8, 4) is 0 Å². The van der Waals surface area contributed by atoms with Gasteiger partial charge in [0.15, 0.2) is 0 Å². The van der Waals surface area contributed by atoms with E-state index in [-0.39, 0.29) is 6.10 Å². The van der Waals surface area contributed by atoms with Crippen molar-refractivity contribution in [2.75, 3.05) is 13.1 Å². The van der Waals surface area contributed by atoms with Crippen LogP contribution in [0, 0.1) is 0 Å². The van der Waals surface area contributed by atoms with Crippen molar-refractivity contribution in [2.24, 2.45) is 0 Å². The van der Waals surface area contributed by atoms with Crippen LogP contribution in [0.5, 0.6) is 0 Å². The van der Waals surface area contributed by atoms with Gasteiger partial charge in [-0.3, -0.25) is 4.90 Å². The van der Waals surface area contributed by atoms with Crippen LogP contribution >= 0.6 is 0 Å². The van der Waals surface area contributed by atoms with Gasteiger partial charge in [0.05, 0.1) is 6.10 Å². The van der Waals surface area contributed by atoms with E-state index in [1.807, 2.05) is 6.92 Å². The number of rotatable bonds is 4. The molecule has 0 radical (unpaired) electrons. The minimum Gasteiger partial charge on any atom is -0.393 e. The maximum absolute atomic E-state index is 9.66. The molecule has 3 atom stereocenters. The van der Waals surface area contributed by atoms with Gasteiger partial charge >= 0.3 is 0 Å². The van der Waals surface area contributed by atoms with E-state index >= 15 is 0 Å². The summed E-state index contributed by atoms with van der Waals surface area (Å²) in [5.41, 5.74) is 3.10. The first-order valence-corrected chi connectivity index (χ1v) is 7.74. The highest BCUT2D eigenvalue weighted by Gasteiger charge is 2.31. The van der Waals surface area contributed by atoms with E-state index in [4.69, 9.17) is 0 Å². The van der Waals surface area contributed by atoms with E-state index < -0.39 is 0 Å². The highest BCUT2D eigenvalue weighted by atomic mass is 16.3. The quantitative estimate of drug-likeness (QED) is 0.898. The summed E-state index contributed by atoms with van der Waals surface area (Å²) in [6.07, 6.45) is 5.93. The summed E-state index contributed by atoms with van der Waals surface area (Å²) >= 11 is 0. The number of hydrogen-bond donors (Lipinski definition) is 1. The normalized spacial score (nSPS) is 28.5. The first-order valence-electron chi connectivity index (χ1n) is 7.74. The molecule has 0 saturated carbocycles. The Morgan fingerprint density at radius 1 is 1.32 bits per heavy atom. The van der Waals surface area contributed by atoms with Crippen molar-refractivity contribution < 1.29 is 5.11 Å². The van der Waals surface area contributed by atoms with Gasteiger partial charge < -0.3 is 5.11 Å². The number of hydrogen-bond acceptors (Lipinski definition) is 2. The van der Waals surface area contributed by atoms with Crippen LogP contribution in [0.3, 0.4) is 0 Å². The number of likely N-dealkylation sites (tertiary alicyclic amines) is 1. The SMILES string of the molecule is CC(O)CC1CCCCN1CC1Cc2ccccc21. The Morgan fingerprint density at radius 3 is 2.95 bits per heavy atom. The zero-order valence-electron chi connectivity index (χ0n) is 11.9. The fourth-order valence-electron chi connectivity index (χ4n) is 3.77. The van der Waals surface area contributed by atoms with Crippen molar-refractivity contribution in [3.63, 3.8) is 0 Å². The lowest BCUT2D eigenvalue weighted by Gasteiger charge is -2.41. The number of benzene rings is 1. The lowest BCUT2D eigenvalue weighted by molar-refractivity contribution is 0.0804. The fraction of sp³-hybridized carbons (Fsp3) is 0.647. The minimum atomic E-state index is -0.167. The predicted octanol–water partition coefficient (Wildman–Crippen LogP) is 2.95. The van der Waals surface area contributed by atoms with Gasteiger partial charge in [-0.05, 0) is 50.3 Å². The van der Waals surface area contributed by atoms with Crippen molar-refractivity contribution >= 4 is 0 Å². The molecule has 0 bridgehead atoms. The molecule has 1 aliphatic heterocycles. The predicted molar refractivity (Wildman–Crippen MR) is 78.4 cm³/mol. The lowest BCUT2D eigenvalue weighted by Crippen LogP contribution is -2.44. The van der Waals surface area contributed by atoms with E-state index in [1.54, 1.807) is 5.56 Å². The van der Waals surface area contributed by atoms with Gasteiger partial charge in [0.2, 0.25) is 0 Å². The third kappa shape index (κ3) is 2.85. The molecule has 0 aromatic heterocycles. The van der Waals surface area contributed by atoms with Crippen LogP contribution in [0.15, 0.2) is 24.3 Å². The van der Waals surface area contributed by atoms with Crippen LogP contribution in [-0.4, -0.2) is 35.2 Å². The fourth-order valence-corrected chi connectivity index (χ4v) is 3.77. The van der Waals surface area contributed by atoms with Gasteiger partial charge in [0.25, 0.3) is 0 Å². The van der Waals surface area contributed by atoms with Crippen LogP contribution < -0.4 is 0 Å². The first kappa shape index (κ1) is 13.1. The maximum atomic E-state index is 9.66. The summed E-state index contributed by atoms with van der Waals surface area (Å²) in [4.78, 5) is 2.64. The van der Waals surface area contributed by atoms with Gasteiger partial charge in [0.1, 0.15) is 0 Å². The molecule has 1 aliphatic carbocycles. The molecule has 2 heteroatoms. The molecule has 3 rings (SSSR count). The molecular formula is C17H25NO. The van der Waals surface area contributed by atoms with Gasteiger partial charge in [-0.1, -0.05) is 30.7 Å². The summed E-state index contributed by atoms with van der Waals surface area (Å²) < 4.78 is 0. The minimum absolute atomic E-state index is 0.167. The molecule has 2 aliphatic rings. The van der Waals surface area contributed by atoms with Gasteiger partial charge in [-0.25, -0.2) is 0 Å². The molecule has 0 spiro atoms. The summed E-state index contributed by atoms with van der Waals surface area (Å²) in [6, 6.07) is 9.45. The molecule has 104 valence electrons. The van der Waals surface area contributed by atoms with Crippen molar-refractivity contribution in [1.82, 2.24) is 4.90 Å². The molecule has 1 N–H and O–H groups in total. The number of piperidine rings is 1. The number of aliphatic hydroxyl groups is 1. The molecule has 19 heavy (non-hydrogen) atoms. The zero-order chi connectivity index (χ0) is 13.2. The number of fused-ring (bicyclic) bond motifs is 1. The Kier molecular flexibility index (Phi) is 3.90. The maximum Gasteiger partial charge on any atom is 0.0527 e. The third-order valence-corrected chi connectivity index (χ3v) is 4.78. The molecule has 1 aromatic rings. The second-order valence-electron chi connectivity index (χ2n) is 6.33. The molecule has 1 fully saturated rings. The monoisotopic (exact) mass is 259 g/mol. The Balaban J connectivity index is 1.62. The molecule has 0 amide bonds. The summed E-state index contributed by atoms with van der Waals surface area (Å²) in [6.45, 7) is 4.33. The molecule has 1 saturated heterocycles. The van der Waals surface area contributed by atoms with E-state index in [0.29, 0.717) is 6.04 Å². The number of aliphatic hydroxyl groups excluding tert-OH is 1. The van der Waals surface area contributed by atoms with Crippen molar-refractivity contribution in [2.45, 2.75) is 57.1 Å². The summed E-state index contributed by atoms with van der Waals surface area (Å²) in [5.74, 6) is 0.728. The van der Waals surface area contributed by atoms with Crippen LogP contribution in [0.4, 0.5) is 0 Å². The topological polar surface area (TPSA) is 23.5 Å². The Bertz CT molecular complexity index is 429. The van der Waals surface area contributed by atoms with Crippen LogP contribution in [0.2, 0.25) is 0 Å². The number of nitrogens with zero attached hydrogens (tertiary/aromatic N) is 1. The molecule has 1 aromatic carbocycles. The second-order valence-corrected chi connectivity index (χ2v) is 6.33. The Labute approximate surface area is 116 Å². The third-order valence-electron chi connectivity index (χ3n) is 4.78. The molecule has 3 unspecified atom stereocenters. The van der Waals surface area contributed by atoms with Crippen LogP contribution in [-0.2, 0) is 6.42 Å². The van der Waals surface area contributed by atoms with Crippen LogP contribution in [0.25, 0.3) is 0 Å². The summed E-state index contributed by atoms with van der Waals surface area (Å²) in [7, 11) is 0. The molecular weight excluding hydrogens is 234 g/mol. The molecule has 1 heterocycles. The average molecular weight is 259 g/mol. The van der Waals surface area contributed by atoms with E-state index in [9.17, 15) is 5.11 Å². The van der Waals surface area contributed by atoms with Gasteiger partial charge in [-0.2, -0.15) is 0 Å². The van der Waals surface area contributed by atoms with E-state index in [2.05, 4.69) is 29.2 Å². The summed E-state index contributed by atoms with van der Waals surface area (Å²) in [5, 5.41) is 9.66. The van der Waals surface area contributed by atoms with E-state index in [0.717, 1.165) is 12.3 Å². The first-order chi connectivity index (χ1) is 9.24. The van der Waals surface area contributed by atoms with Crippen molar-refractivity contribution in [3.05, 3.63) is 35.4 Å². The molecule has 2 nitrogen and oxygen atoms in total. The smallest absolute Gasteiger partial charge is 0.0527 e. The Hall–Kier alpha value is -0.860. The van der Waals surface area contributed by atoms with Gasteiger partial charge in [0, 0.05) is 18.5 Å². The largest absolute Gasteiger partial charge is 0.393 e. The van der Waals surface area contributed by atoms with Crippen LogP contribution in [0.1, 0.15) is 49.7 Å². The average Bonchev–Trinajstić information content (AvgIpc) is 2.37. The highest BCUT2D eigenvalue weighted by molar-refractivity contribution is 5.40. The van der Waals surface area contributed by atoms with Crippen molar-refractivity contribution in [1.29, 1.82) is 0 Å². The standard InChI is InChI=1S/C17H25NO/c1-13(19)10-16-7-4-5-9-18(16)12-15-11-14-6-2-3-8-17(14)15/h2-3,6,8,13,15-16,19H,4-5,7,9-12H2,1H3. The van der Waals surface area contributed by atoms with E-state index in [1.165, 1.54) is 44.3 Å². The highest BCUT2D eigenvalue weighted by Crippen LogP contribution is 2.36.